The molecule has 0 aliphatic rings. The van der Waals surface area contributed by atoms with Crippen molar-refractivity contribution in [3.8, 4) is 11.5 Å². The number of hydrogen-bond donors (Lipinski definition) is 2. The van der Waals surface area contributed by atoms with Gasteiger partial charge in [0.2, 0.25) is 0 Å². The Bertz CT molecular complexity index is 740. The van der Waals surface area contributed by atoms with E-state index in [-0.39, 0.29) is 16.3 Å². The maximum Gasteiger partial charge on any atom is 0.263 e. The Morgan fingerprint density at radius 2 is 2.05 bits per heavy atom. The van der Waals surface area contributed by atoms with Crippen LogP contribution in [0, 0.1) is 6.92 Å². The van der Waals surface area contributed by atoms with Gasteiger partial charge < -0.3 is 9.84 Å². The lowest BCUT2D eigenvalue weighted by Gasteiger charge is -2.10. The number of benzene rings is 1. The van der Waals surface area contributed by atoms with Crippen molar-refractivity contribution in [2.75, 3.05) is 11.8 Å². The molecule has 0 unspecified atom stereocenters. The summed E-state index contributed by atoms with van der Waals surface area (Å²) in [7, 11) is -2.29. The van der Waals surface area contributed by atoms with E-state index in [0.717, 1.165) is 3.79 Å². The number of ether oxygens (including phenoxy) is 1. The van der Waals surface area contributed by atoms with Gasteiger partial charge in [-0.15, -0.1) is 11.3 Å². The molecule has 5 nitrogen and oxygen atoms in total. The molecule has 8 heteroatoms. The molecule has 0 amide bonds. The molecule has 0 saturated carbocycles. The SMILES string of the molecule is COc1ccc(O)c(NS(=O)(=O)c2cc(Br)sc2C)c1. The molecule has 2 rings (SSSR count). The molecule has 1 heterocycles. The summed E-state index contributed by atoms with van der Waals surface area (Å²) in [5, 5.41) is 9.73. The highest BCUT2D eigenvalue weighted by molar-refractivity contribution is 9.11. The Hall–Kier alpha value is -1.25. The third-order valence-electron chi connectivity index (χ3n) is 2.58. The first-order valence-corrected chi connectivity index (χ1v) is 8.58. The van der Waals surface area contributed by atoms with Crippen LogP contribution in [0.3, 0.4) is 0 Å². The van der Waals surface area contributed by atoms with Crippen LogP contribution in [0.2, 0.25) is 0 Å². The maximum absolute atomic E-state index is 12.3. The number of halogens is 1. The topological polar surface area (TPSA) is 75.6 Å². The van der Waals surface area contributed by atoms with Crippen LogP contribution in [-0.2, 0) is 10.0 Å². The molecular formula is C12H12BrNO4S2. The van der Waals surface area contributed by atoms with Crippen LogP contribution in [-0.4, -0.2) is 20.6 Å². The van der Waals surface area contributed by atoms with Gasteiger partial charge in [-0.2, -0.15) is 0 Å². The predicted octanol–water partition coefficient (Wildman–Crippen LogP) is 3.33. The normalized spacial score (nSPS) is 11.3. The molecule has 0 saturated heterocycles. The second kappa shape index (κ2) is 5.63. The van der Waals surface area contributed by atoms with Crippen LogP contribution in [0.15, 0.2) is 32.9 Å². The zero-order valence-corrected chi connectivity index (χ0v) is 13.9. The summed E-state index contributed by atoms with van der Waals surface area (Å²) in [6.45, 7) is 1.72. The van der Waals surface area contributed by atoms with E-state index >= 15 is 0 Å². The number of aromatic hydroxyl groups is 1. The zero-order chi connectivity index (χ0) is 14.9. The third-order valence-corrected chi connectivity index (χ3v) is 5.75. The van der Waals surface area contributed by atoms with E-state index in [1.165, 1.54) is 36.6 Å². The van der Waals surface area contributed by atoms with Crippen molar-refractivity contribution in [1.29, 1.82) is 0 Å². The van der Waals surface area contributed by atoms with Crippen LogP contribution >= 0.6 is 27.3 Å². The molecule has 0 spiro atoms. The number of sulfonamides is 1. The summed E-state index contributed by atoms with van der Waals surface area (Å²) in [6, 6.07) is 5.86. The van der Waals surface area contributed by atoms with Crippen molar-refractivity contribution in [1.82, 2.24) is 0 Å². The summed E-state index contributed by atoms with van der Waals surface area (Å²) < 4.78 is 32.7. The van der Waals surface area contributed by atoms with Crippen LogP contribution in [0.4, 0.5) is 5.69 Å². The molecule has 2 aromatic rings. The number of hydrogen-bond acceptors (Lipinski definition) is 5. The predicted molar refractivity (Wildman–Crippen MR) is 82.2 cm³/mol. The van der Waals surface area contributed by atoms with Crippen molar-refractivity contribution >= 4 is 43.0 Å². The number of phenols is 1. The largest absolute Gasteiger partial charge is 0.506 e. The second-order valence-electron chi connectivity index (χ2n) is 3.96. The molecule has 108 valence electrons. The van der Waals surface area contributed by atoms with Crippen LogP contribution in [0.1, 0.15) is 4.88 Å². The fourth-order valence-electron chi connectivity index (χ4n) is 1.62. The smallest absolute Gasteiger partial charge is 0.263 e. The van der Waals surface area contributed by atoms with E-state index < -0.39 is 10.0 Å². The Morgan fingerprint density at radius 1 is 1.35 bits per heavy atom. The molecule has 0 aliphatic heterocycles. The van der Waals surface area contributed by atoms with Gasteiger partial charge >= 0.3 is 0 Å². The maximum atomic E-state index is 12.3. The summed E-state index contributed by atoms with van der Waals surface area (Å²) in [6.07, 6.45) is 0. The van der Waals surface area contributed by atoms with Crippen LogP contribution in [0.25, 0.3) is 0 Å². The third kappa shape index (κ3) is 3.08. The van der Waals surface area contributed by atoms with Crippen molar-refractivity contribution < 1.29 is 18.3 Å². The first-order valence-electron chi connectivity index (χ1n) is 5.49. The van der Waals surface area contributed by atoms with Crippen molar-refractivity contribution in [2.45, 2.75) is 11.8 Å². The molecule has 0 aliphatic carbocycles. The molecular weight excluding hydrogens is 366 g/mol. The van der Waals surface area contributed by atoms with E-state index in [0.29, 0.717) is 10.6 Å². The lowest BCUT2D eigenvalue weighted by molar-refractivity contribution is 0.413. The van der Waals surface area contributed by atoms with Crippen molar-refractivity contribution in [3.63, 3.8) is 0 Å². The number of phenolic OH excluding ortho intramolecular Hbond substituents is 1. The highest BCUT2D eigenvalue weighted by atomic mass is 79.9. The minimum atomic E-state index is -3.76. The summed E-state index contributed by atoms with van der Waals surface area (Å²) in [5.74, 6) is 0.282. The molecule has 0 atom stereocenters. The summed E-state index contributed by atoms with van der Waals surface area (Å²) in [4.78, 5) is 0.836. The molecule has 1 aromatic heterocycles. The van der Waals surface area contributed by atoms with Gasteiger partial charge in [0.15, 0.2) is 0 Å². The fourth-order valence-corrected chi connectivity index (χ4v) is 5.10. The number of anilines is 1. The minimum absolute atomic E-state index is 0.0751. The Labute approximate surface area is 129 Å². The van der Waals surface area contributed by atoms with Crippen LogP contribution < -0.4 is 9.46 Å². The Balaban J connectivity index is 2.40. The van der Waals surface area contributed by atoms with Gasteiger partial charge in [0, 0.05) is 10.9 Å². The van der Waals surface area contributed by atoms with Gasteiger partial charge in [-0.05, 0) is 41.1 Å². The molecule has 2 N–H and O–H groups in total. The van der Waals surface area contributed by atoms with E-state index in [2.05, 4.69) is 20.7 Å². The molecule has 1 aromatic carbocycles. The van der Waals surface area contributed by atoms with E-state index in [1.54, 1.807) is 13.0 Å². The molecule has 0 fully saturated rings. The first-order chi connectivity index (χ1) is 9.33. The average Bonchev–Trinajstić information content (AvgIpc) is 2.72. The van der Waals surface area contributed by atoms with E-state index in [4.69, 9.17) is 4.74 Å². The second-order valence-corrected chi connectivity index (χ2v) is 8.25. The van der Waals surface area contributed by atoms with Crippen molar-refractivity contribution in [3.05, 3.63) is 32.9 Å². The number of thiophene rings is 1. The lowest BCUT2D eigenvalue weighted by atomic mass is 10.3. The minimum Gasteiger partial charge on any atom is -0.506 e. The van der Waals surface area contributed by atoms with Gasteiger partial charge in [-0.3, -0.25) is 4.72 Å². The first kappa shape index (κ1) is 15.1. The van der Waals surface area contributed by atoms with Crippen molar-refractivity contribution in [2.24, 2.45) is 0 Å². The van der Waals surface area contributed by atoms with Gasteiger partial charge in [-0.25, -0.2) is 8.42 Å². The number of nitrogens with one attached hydrogen (secondary N) is 1. The zero-order valence-electron chi connectivity index (χ0n) is 10.7. The number of methoxy groups -OCH3 is 1. The molecule has 0 bridgehead atoms. The van der Waals surface area contributed by atoms with Gasteiger partial charge in [0.25, 0.3) is 10.0 Å². The lowest BCUT2D eigenvalue weighted by Crippen LogP contribution is -2.13. The summed E-state index contributed by atoms with van der Waals surface area (Å²) in [5.41, 5.74) is 0.0751. The van der Waals surface area contributed by atoms with Gasteiger partial charge in [-0.1, -0.05) is 0 Å². The standard InChI is InChI=1S/C12H12BrNO4S2/c1-7-11(6-12(13)19-7)20(16,17)14-9-5-8(18-2)3-4-10(9)15/h3-6,14-15H,1-2H3. The highest BCUT2D eigenvalue weighted by Crippen LogP contribution is 2.33. The number of aryl methyl sites for hydroxylation is 1. The van der Waals surface area contributed by atoms with E-state index in [1.807, 2.05) is 0 Å². The van der Waals surface area contributed by atoms with Crippen LogP contribution in [0.5, 0.6) is 11.5 Å². The van der Waals surface area contributed by atoms with E-state index in [9.17, 15) is 13.5 Å². The quantitative estimate of drug-likeness (QED) is 0.801. The van der Waals surface area contributed by atoms with Gasteiger partial charge in [0.1, 0.15) is 16.4 Å². The Morgan fingerprint density at radius 3 is 2.60 bits per heavy atom. The number of rotatable bonds is 4. The molecule has 20 heavy (non-hydrogen) atoms. The monoisotopic (exact) mass is 377 g/mol. The highest BCUT2D eigenvalue weighted by Gasteiger charge is 2.21. The Kier molecular flexibility index (Phi) is 4.26. The average molecular weight is 378 g/mol. The van der Waals surface area contributed by atoms with Gasteiger partial charge in [0.05, 0.1) is 16.6 Å². The summed E-state index contributed by atoms with van der Waals surface area (Å²) >= 11 is 4.58. The fraction of sp³-hybridized carbons (Fsp3) is 0.167. The molecule has 0 radical (unpaired) electrons.